The number of rotatable bonds is 6. The number of hydrogen-bond donors (Lipinski definition) is 1. The summed E-state index contributed by atoms with van der Waals surface area (Å²) in [4.78, 5) is 29.0. The van der Waals surface area contributed by atoms with Gasteiger partial charge in [0.05, 0.1) is 25.3 Å². The van der Waals surface area contributed by atoms with Crippen LogP contribution in [0.3, 0.4) is 0 Å². The molecule has 178 valence electrons. The van der Waals surface area contributed by atoms with Crippen LogP contribution in [0.2, 0.25) is 0 Å². The minimum absolute atomic E-state index is 0.00961. The molecule has 3 aromatic rings. The van der Waals surface area contributed by atoms with Crippen molar-refractivity contribution in [1.29, 1.82) is 0 Å². The van der Waals surface area contributed by atoms with E-state index in [-0.39, 0.29) is 36.8 Å². The number of benzene rings is 2. The Labute approximate surface area is 197 Å². The van der Waals surface area contributed by atoms with Crippen molar-refractivity contribution < 1.29 is 23.5 Å². The maximum atomic E-state index is 13.8. The lowest BCUT2D eigenvalue weighted by atomic mass is 9.93. The first-order chi connectivity index (χ1) is 16.4. The van der Waals surface area contributed by atoms with Gasteiger partial charge >= 0.3 is 0 Å². The van der Waals surface area contributed by atoms with E-state index in [0.717, 1.165) is 29.3 Å². The molecular weight excluding hydrogens is 437 g/mol. The van der Waals surface area contributed by atoms with Gasteiger partial charge in [-0.2, -0.15) is 0 Å². The fraction of sp³-hybridized carbons (Fsp3) is 0.385. The smallest absolute Gasteiger partial charge is 0.271 e. The molecule has 3 heterocycles. The number of ether oxygens (including phenoxy) is 2. The maximum Gasteiger partial charge on any atom is 0.271 e. The van der Waals surface area contributed by atoms with E-state index < -0.39 is 5.54 Å². The van der Waals surface area contributed by atoms with Crippen LogP contribution in [-0.4, -0.2) is 53.2 Å². The molecule has 2 aromatic carbocycles. The lowest BCUT2D eigenvalue weighted by Crippen LogP contribution is -2.64. The largest absolute Gasteiger partial charge is 0.497 e. The summed E-state index contributed by atoms with van der Waals surface area (Å²) in [7, 11) is 1.60. The number of carbonyl (C=O) groups is 2. The number of hydrogen-bond acceptors (Lipinski definition) is 4. The molecule has 8 heteroatoms. The van der Waals surface area contributed by atoms with Crippen LogP contribution in [0.5, 0.6) is 5.75 Å². The van der Waals surface area contributed by atoms with E-state index >= 15 is 0 Å². The third-order valence-electron chi connectivity index (χ3n) is 6.89. The van der Waals surface area contributed by atoms with E-state index in [9.17, 15) is 14.0 Å². The van der Waals surface area contributed by atoms with Crippen LogP contribution in [0.1, 0.15) is 35.8 Å². The second-order valence-electron chi connectivity index (χ2n) is 9.18. The molecule has 0 saturated carbocycles. The summed E-state index contributed by atoms with van der Waals surface area (Å²) in [6.45, 7) is 3.36. The zero-order valence-corrected chi connectivity index (χ0v) is 19.3. The highest BCUT2D eigenvalue weighted by atomic mass is 19.1. The van der Waals surface area contributed by atoms with E-state index in [0.29, 0.717) is 24.6 Å². The summed E-state index contributed by atoms with van der Waals surface area (Å²) in [6, 6.07) is 13.5. The average Bonchev–Trinajstić information content (AvgIpc) is 3.49. The molecule has 1 N–H and O–H groups in total. The monoisotopic (exact) mass is 465 g/mol. The highest BCUT2D eigenvalue weighted by Gasteiger charge is 2.47. The highest BCUT2D eigenvalue weighted by Crippen LogP contribution is 2.35. The molecule has 5 rings (SSSR count). The molecule has 0 bridgehead atoms. The highest BCUT2D eigenvalue weighted by molar-refractivity contribution is 6.03. The Bertz CT molecular complexity index is 1230. The predicted molar refractivity (Wildman–Crippen MR) is 125 cm³/mol. The quantitative estimate of drug-likeness (QED) is 0.605. The van der Waals surface area contributed by atoms with E-state index in [4.69, 9.17) is 9.47 Å². The predicted octanol–water partition coefficient (Wildman–Crippen LogP) is 3.50. The molecule has 7 nitrogen and oxygen atoms in total. The van der Waals surface area contributed by atoms with Gasteiger partial charge < -0.3 is 24.3 Å². The summed E-state index contributed by atoms with van der Waals surface area (Å²) in [5.41, 5.74) is 0.933. The van der Waals surface area contributed by atoms with Crippen molar-refractivity contribution >= 4 is 22.7 Å². The van der Waals surface area contributed by atoms with Crippen molar-refractivity contribution in [2.75, 3.05) is 20.3 Å². The Kier molecular flexibility index (Phi) is 5.77. The van der Waals surface area contributed by atoms with Crippen molar-refractivity contribution in [2.45, 2.75) is 44.5 Å². The van der Waals surface area contributed by atoms with Gasteiger partial charge in [0.25, 0.3) is 5.91 Å². The first kappa shape index (κ1) is 22.4. The summed E-state index contributed by atoms with van der Waals surface area (Å²) in [5.74, 6) is -0.159. The number of methoxy groups -OCH3 is 1. The molecule has 0 radical (unpaired) electrons. The summed E-state index contributed by atoms with van der Waals surface area (Å²) in [5, 5.41) is 3.92. The zero-order chi connectivity index (χ0) is 23.9. The van der Waals surface area contributed by atoms with Crippen LogP contribution in [0, 0.1) is 5.82 Å². The molecule has 1 saturated heterocycles. The van der Waals surface area contributed by atoms with Crippen molar-refractivity contribution in [3.63, 3.8) is 0 Å². The van der Waals surface area contributed by atoms with Crippen molar-refractivity contribution in [3.05, 3.63) is 65.6 Å². The van der Waals surface area contributed by atoms with E-state index in [2.05, 4.69) is 5.32 Å². The molecule has 0 aliphatic carbocycles. The lowest BCUT2D eigenvalue weighted by molar-refractivity contribution is -0.133. The number of carbonyl (C=O) groups excluding carboxylic acids is 2. The molecule has 0 spiro atoms. The van der Waals surface area contributed by atoms with Gasteiger partial charge in [-0.25, -0.2) is 4.39 Å². The summed E-state index contributed by atoms with van der Waals surface area (Å²) < 4.78 is 26.4. The van der Waals surface area contributed by atoms with Crippen LogP contribution in [0.15, 0.2) is 48.5 Å². The third kappa shape index (κ3) is 3.92. The van der Waals surface area contributed by atoms with Crippen LogP contribution in [0.4, 0.5) is 4.39 Å². The Hall–Kier alpha value is -3.39. The molecule has 2 amide bonds. The Morgan fingerprint density at radius 3 is 2.74 bits per heavy atom. The molecule has 2 atom stereocenters. The van der Waals surface area contributed by atoms with Gasteiger partial charge in [0.1, 0.15) is 22.8 Å². The average molecular weight is 466 g/mol. The number of aromatic nitrogens is 1. The number of fused-ring (bicyclic) bond motifs is 3. The standard InChI is InChI=1S/C26H28FN3O4/c1-26(25(32)28-14-21-4-3-11-34-21)16-29-22-13-20(33-2)10-7-18(22)12-23(29)24(31)30(26)15-17-5-8-19(27)9-6-17/h5-10,12-13,21H,3-4,11,14-16H2,1-2H3,(H,28,32)/t21-,26+/m1/s1. The number of halogens is 1. The first-order valence-corrected chi connectivity index (χ1v) is 11.5. The van der Waals surface area contributed by atoms with Gasteiger partial charge in [-0.3, -0.25) is 9.59 Å². The third-order valence-corrected chi connectivity index (χ3v) is 6.89. The minimum atomic E-state index is -1.16. The molecule has 2 aliphatic rings. The van der Waals surface area contributed by atoms with Crippen molar-refractivity contribution in [1.82, 2.24) is 14.8 Å². The van der Waals surface area contributed by atoms with Gasteiger partial charge in [0.15, 0.2) is 0 Å². The van der Waals surface area contributed by atoms with Gasteiger partial charge in [0.2, 0.25) is 5.91 Å². The van der Waals surface area contributed by atoms with Gasteiger partial charge in [-0.1, -0.05) is 12.1 Å². The van der Waals surface area contributed by atoms with Crippen LogP contribution in [0.25, 0.3) is 10.9 Å². The zero-order valence-electron chi connectivity index (χ0n) is 19.3. The van der Waals surface area contributed by atoms with Crippen molar-refractivity contribution in [2.24, 2.45) is 0 Å². The van der Waals surface area contributed by atoms with Gasteiger partial charge in [0, 0.05) is 31.1 Å². The molecule has 1 fully saturated rings. The first-order valence-electron chi connectivity index (χ1n) is 11.5. The van der Waals surface area contributed by atoms with E-state index in [1.807, 2.05) is 28.8 Å². The molecule has 1 aromatic heterocycles. The van der Waals surface area contributed by atoms with Gasteiger partial charge in [-0.15, -0.1) is 0 Å². The summed E-state index contributed by atoms with van der Waals surface area (Å²) in [6.07, 6.45) is 1.87. The van der Waals surface area contributed by atoms with Gasteiger partial charge in [-0.05, 0) is 55.7 Å². The van der Waals surface area contributed by atoms with E-state index in [1.165, 1.54) is 12.1 Å². The minimum Gasteiger partial charge on any atom is -0.497 e. The number of amides is 2. The Morgan fingerprint density at radius 2 is 2.03 bits per heavy atom. The second-order valence-corrected chi connectivity index (χ2v) is 9.18. The number of nitrogens with zero attached hydrogens (tertiary/aromatic N) is 2. The second kappa shape index (κ2) is 8.76. The fourth-order valence-electron chi connectivity index (χ4n) is 4.88. The maximum absolute atomic E-state index is 13.8. The number of nitrogens with one attached hydrogen (secondary N) is 1. The fourth-order valence-corrected chi connectivity index (χ4v) is 4.88. The normalized spacial score (nSPS) is 22.1. The lowest BCUT2D eigenvalue weighted by Gasteiger charge is -2.44. The van der Waals surface area contributed by atoms with Crippen molar-refractivity contribution in [3.8, 4) is 5.75 Å². The summed E-state index contributed by atoms with van der Waals surface area (Å²) >= 11 is 0. The SMILES string of the molecule is COc1ccc2cc3n(c2c1)C[C@@](C)(C(=O)NC[C@H]1CCCO1)N(Cc1ccc(F)cc1)C3=O. The van der Waals surface area contributed by atoms with Crippen LogP contribution >= 0.6 is 0 Å². The van der Waals surface area contributed by atoms with Crippen LogP contribution < -0.4 is 10.1 Å². The molecule has 2 aliphatic heterocycles. The molecular formula is C26H28FN3O4. The topological polar surface area (TPSA) is 72.8 Å². The molecule has 0 unspecified atom stereocenters. The van der Waals surface area contributed by atoms with E-state index in [1.54, 1.807) is 31.1 Å². The Balaban J connectivity index is 1.53. The Morgan fingerprint density at radius 1 is 1.24 bits per heavy atom. The molecule has 34 heavy (non-hydrogen) atoms. The van der Waals surface area contributed by atoms with Crippen LogP contribution in [-0.2, 0) is 22.6 Å².